The van der Waals surface area contributed by atoms with Gasteiger partial charge in [-0.2, -0.15) is 0 Å². The normalized spacial score (nSPS) is 18.2. The minimum atomic E-state index is -1.01. The van der Waals surface area contributed by atoms with E-state index in [9.17, 15) is 14.7 Å². The zero-order chi connectivity index (χ0) is 19.3. The average Bonchev–Trinajstić information content (AvgIpc) is 2.67. The third-order valence-corrected chi connectivity index (χ3v) is 4.61. The molecule has 8 nitrogen and oxygen atoms in total. The molecule has 1 heterocycles. The van der Waals surface area contributed by atoms with Crippen LogP contribution in [0.25, 0.3) is 0 Å². The van der Waals surface area contributed by atoms with Crippen molar-refractivity contribution in [1.82, 2.24) is 10.2 Å². The standard InChI is InChI=1S/C18H26N2O6/c1-5-12(17(21)20-7-6-19-10-13(20)18(22)23)11-8-14(24-2)16(26-4)15(9-11)25-3/h8-9,12-13,19H,5-7,10H2,1-4H3,(H,22,23). The number of carbonyl (C=O) groups is 2. The van der Waals surface area contributed by atoms with Gasteiger partial charge in [0.15, 0.2) is 11.5 Å². The molecule has 0 bridgehead atoms. The molecule has 0 spiro atoms. The number of carboxylic acids is 1. The van der Waals surface area contributed by atoms with Crippen LogP contribution in [0.5, 0.6) is 17.2 Å². The fourth-order valence-electron chi connectivity index (χ4n) is 3.24. The SMILES string of the molecule is CCC(C(=O)N1CCNCC1C(=O)O)c1cc(OC)c(OC)c(OC)c1. The molecule has 8 heteroatoms. The van der Waals surface area contributed by atoms with Crippen LogP contribution < -0.4 is 19.5 Å². The van der Waals surface area contributed by atoms with Gasteiger partial charge in [-0.3, -0.25) is 4.79 Å². The largest absolute Gasteiger partial charge is 0.493 e. The second kappa shape index (κ2) is 8.75. The van der Waals surface area contributed by atoms with Gasteiger partial charge in [0, 0.05) is 19.6 Å². The molecule has 1 aliphatic heterocycles. The Balaban J connectivity index is 2.40. The molecule has 1 aliphatic rings. The highest BCUT2D eigenvalue weighted by atomic mass is 16.5. The number of nitrogens with one attached hydrogen (secondary N) is 1. The number of carbonyl (C=O) groups excluding carboxylic acids is 1. The highest BCUT2D eigenvalue weighted by molar-refractivity contribution is 5.89. The van der Waals surface area contributed by atoms with Gasteiger partial charge in [0.2, 0.25) is 11.7 Å². The molecule has 0 aromatic heterocycles. The summed E-state index contributed by atoms with van der Waals surface area (Å²) in [4.78, 5) is 26.1. The van der Waals surface area contributed by atoms with E-state index in [4.69, 9.17) is 14.2 Å². The number of benzene rings is 1. The van der Waals surface area contributed by atoms with Crippen molar-refractivity contribution < 1.29 is 28.9 Å². The van der Waals surface area contributed by atoms with Crippen LogP contribution in [0.4, 0.5) is 0 Å². The van der Waals surface area contributed by atoms with Crippen molar-refractivity contribution >= 4 is 11.9 Å². The Bertz CT molecular complexity index is 638. The quantitative estimate of drug-likeness (QED) is 0.745. The summed E-state index contributed by atoms with van der Waals surface area (Å²) in [7, 11) is 4.54. The Kier molecular flexibility index (Phi) is 6.68. The van der Waals surface area contributed by atoms with Crippen molar-refractivity contribution in [2.75, 3.05) is 41.0 Å². The van der Waals surface area contributed by atoms with E-state index in [-0.39, 0.29) is 12.5 Å². The summed E-state index contributed by atoms with van der Waals surface area (Å²) >= 11 is 0. The van der Waals surface area contributed by atoms with Gasteiger partial charge >= 0.3 is 5.97 Å². The van der Waals surface area contributed by atoms with Crippen molar-refractivity contribution in [2.45, 2.75) is 25.3 Å². The van der Waals surface area contributed by atoms with Crippen LogP contribution in [0, 0.1) is 0 Å². The summed E-state index contributed by atoms with van der Waals surface area (Å²) in [5.41, 5.74) is 0.703. The first kappa shape index (κ1) is 19.8. The van der Waals surface area contributed by atoms with Crippen LogP contribution in [0.15, 0.2) is 12.1 Å². The van der Waals surface area contributed by atoms with Crippen LogP contribution >= 0.6 is 0 Å². The molecule has 2 unspecified atom stereocenters. The van der Waals surface area contributed by atoms with E-state index in [2.05, 4.69) is 5.32 Å². The highest BCUT2D eigenvalue weighted by Crippen LogP contribution is 2.41. The summed E-state index contributed by atoms with van der Waals surface area (Å²) < 4.78 is 16.0. The van der Waals surface area contributed by atoms with Gasteiger partial charge in [-0.05, 0) is 24.1 Å². The number of rotatable bonds is 7. The highest BCUT2D eigenvalue weighted by Gasteiger charge is 2.36. The van der Waals surface area contributed by atoms with E-state index in [1.807, 2.05) is 6.92 Å². The fourth-order valence-corrected chi connectivity index (χ4v) is 3.24. The number of piperazine rings is 1. The van der Waals surface area contributed by atoms with Crippen molar-refractivity contribution in [3.05, 3.63) is 17.7 Å². The lowest BCUT2D eigenvalue weighted by Crippen LogP contribution is -2.57. The summed E-state index contributed by atoms with van der Waals surface area (Å²) in [6.45, 7) is 3.06. The van der Waals surface area contributed by atoms with E-state index >= 15 is 0 Å². The Labute approximate surface area is 153 Å². The van der Waals surface area contributed by atoms with E-state index in [1.54, 1.807) is 12.1 Å². The molecule has 0 aliphatic carbocycles. The molecule has 1 aromatic rings. The number of hydrogen-bond acceptors (Lipinski definition) is 6. The smallest absolute Gasteiger partial charge is 0.327 e. The van der Waals surface area contributed by atoms with E-state index < -0.39 is 17.9 Å². The summed E-state index contributed by atoms with van der Waals surface area (Å²) in [6.07, 6.45) is 0.522. The Morgan fingerprint density at radius 2 is 1.85 bits per heavy atom. The molecule has 0 saturated carbocycles. The van der Waals surface area contributed by atoms with Gasteiger partial charge in [0.25, 0.3) is 0 Å². The average molecular weight is 366 g/mol. The maximum atomic E-state index is 13.1. The third kappa shape index (κ3) is 3.85. The van der Waals surface area contributed by atoms with Crippen molar-refractivity contribution in [3.63, 3.8) is 0 Å². The topological polar surface area (TPSA) is 97.3 Å². The van der Waals surface area contributed by atoms with Crippen LogP contribution in [0.2, 0.25) is 0 Å². The number of ether oxygens (including phenoxy) is 3. The van der Waals surface area contributed by atoms with Gasteiger partial charge in [0.1, 0.15) is 6.04 Å². The molecular formula is C18H26N2O6. The molecule has 1 saturated heterocycles. The molecule has 144 valence electrons. The summed E-state index contributed by atoms with van der Waals surface area (Å²) in [5.74, 6) is -0.345. The maximum absolute atomic E-state index is 13.1. The number of aliphatic carboxylic acids is 1. The van der Waals surface area contributed by atoms with Gasteiger partial charge < -0.3 is 29.5 Å². The number of hydrogen-bond donors (Lipinski definition) is 2. The molecular weight excluding hydrogens is 340 g/mol. The molecule has 26 heavy (non-hydrogen) atoms. The minimum Gasteiger partial charge on any atom is -0.493 e. The molecule has 1 aromatic carbocycles. The Morgan fingerprint density at radius 1 is 1.23 bits per heavy atom. The van der Waals surface area contributed by atoms with Crippen molar-refractivity contribution in [1.29, 1.82) is 0 Å². The van der Waals surface area contributed by atoms with Gasteiger partial charge in [-0.1, -0.05) is 6.92 Å². The predicted octanol–water partition coefficient (Wildman–Crippen LogP) is 1.09. The van der Waals surface area contributed by atoms with E-state index in [0.717, 1.165) is 0 Å². The number of carboxylic acid groups (broad SMARTS) is 1. The lowest BCUT2D eigenvalue weighted by molar-refractivity contribution is -0.152. The molecule has 2 N–H and O–H groups in total. The van der Waals surface area contributed by atoms with E-state index in [1.165, 1.54) is 26.2 Å². The molecule has 2 rings (SSSR count). The zero-order valence-electron chi connectivity index (χ0n) is 15.6. The first-order valence-corrected chi connectivity index (χ1v) is 8.52. The first-order chi connectivity index (χ1) is 12.5. The lowest BCUT2D eigenvalue weighted by Gasteiger charge is -2.36. The second-order valence-corrected chi connectivity index (χ2v) is 6.01. The van der Waals surface area contributed by atoms with Gasteiger partial charge in [-0.25, -0.2) is 4.79 Å². The van der Waals surface area contributed by atoms with Crippen molar-refractivity contribution in [2.24, 2.45) is 0 Å². The monoisotopic (exact) mass is 366 g/mol. The maximum Gasteiger partial charge on any atom is 0.327 e. The fraction of sp³-hybridized carbons (Fsp3) is 0.556. The minimum absolute atomic E-state index is 0.212. The Morgan fingerprint density at radius 3 is 2.31 bits per heavy atom. The van der Waals surface area contributed by atoms with Crippen molar-refractivity contribution in [3.8, 4) is 17.2 Å². The lowest BCUT2D eigenvalue weighted by atomic mass is 9.93. The van der Waals surface area contributed by atoms with Crippen LogP contribution in [0.1, 0.15) is 24.8 Å². The van der Waals surface area contributed by atoms with Crippen LogP contribution in [-0.4, -0.2) is 68.9 Å². The molecule has 1 fully saturated rings. The molecule has 2 atom stereocenters. The number of methoxy groups -OCH3 is 3. The summed E-state index contributed by atoms with van der Waals surface area (Å²) in [6, 6.07) is 2.61. The predicted molar refractivity (Wildman–Crippen MR) is 95.1 cm³/mol. The second-order valence-electron chi connectivity index (χ2n) is 6.01. The van der Waals surface area contributed by atoms with E-state index in [0.29, 0.717) is 42.3 Å². The summed E-state index contributed by atoms with van der Waals surface area (Å²) in [5, 5.41) is 12.4. The molecule has 0 radical (unpaired) electrons. The van der Waals surface area contributed by atoms with Crippen LogP contribution in [-0.2, 0) is 9.59 Å². The Hall–Kier alpha value is -2.48. The van der Waals surface area contributed by atoms with Crippen LogP contribution in [0.3, 0.4) is 0 Å². The van der Waals surface area contributed by atoms with Gasteiger partial charge in [-0.15, -0.1) is 0 Å². The van der Waals surface area contributed by atoms with Gasteiger partial charge in [0.05, 0.1) is 27.2 Å². The zero-order valence-corrected chi connectivity index (χ0v) is 15.6. The third-order valence-electron chi connectivity index (χ3n) is 4.61. The number of amides is 1. The first-order valence-electron chi connectivity index (χ1n) is 8.52. The number of nitrogens with zero attached hydrogens (tertiary/aromatic N) is 1. The molecule has 1 amide bonds.